The maximum Gasteiger partial charge on any atom is 0.332 e. The predicted octanol–water partition coefficient (Wildman–Crippen LogP) is -0.289. The molecule has 1 amide bonds. The molecule has 1 aromatic rings. The van der Waals surface area contributed by atoms with E-state index < -0.39 is 18.2 Å². The molecule has 2 N–H and O–H groups in total. The van der Waals surface area contributed by atoms with Crippen LogP contribution in [0, 0.1) is 0 Å². The van der Waals surface area contributed by atoms with Crippen LogP contribution in [0.15, 0.2) is 12.4 Å². The lowest BCUT2D eigenvalue weighted by Gasteiger charge is -2.11. The number of aryl methyl sites for hydroxylation is 1. The first-order valence-corrected chi connectivity index (χ1v) is 6.20. The van der Waals surface area contributed by atoms with E-state index >= 15 is 0 Å². The Morgan fingerprint density at radius 2 is 2.26 bits per heavy atom. The number of nitrogens with zero attached hydrogens (tertiary/aromatic N) is 2. The van der Waals surface area contributed by atoms with Crippen molar-refractivity contribution in [1.82, 2.24) is 15.1 Å². The number of nitrogens with one attached hydrogen (secondary N) is 1. The van der Waals surface area contributed by atoms with Crippen LogP contribution in [-0.2, 0) is 27.8 Å². The van der Waals surface area contributed by atoms with Crippen LogP contribution in [0.3, 0.4) is 0 Å². The Hall–Kier alpha value is -1.89. The number of carboxylic acids is 1. The molecule has 0 saturated carbocycles. The highest BCUT2D eigenvalue weighted by atomic mass is 16.5. The maximum atomic E-state index is 11.8. The van der Waals surface area contributed by atoms with Gasteiger partial charge in [-0.15, -0.1) is 0 Å². The summed E-state index contributed by atoms with van der Waals surface area (Å²) in [5, 5.41) is 15.6. The van der Waals surface area contributed by atoms with Crippen LogP contribution < -0.4 is 5.32 Å². The van der Waals surface area contributed by atoms with Gasteiger partial charge in [-0.1, -0.05) is 0 Å². The molecular formula is C12H17N3O4. The highest BCUT2D eigenvalue weighted by molar-refractivity contribution is 5.82. The van der Waals surface area contributed by atoms with Crippen LogP contribution in [0.4, 0.5) is 0 Å². The SMILES string of the molecule is Cn1cc(CCNC(=O)[C@@H]2CC[C@H](C(=O)O)O2)cn1. The second kappa shape index (κ2) is 5.83. The summed E-state index contributed by atoms with van der Waals surface area (Å²) in [7, 11) is 1.83. The lowest BCUT2D eigenvalue weighted by Crippen LogP contribution is -2.36. The van der Waals surface area contributed by atoms with E-state index in [9.17, 15) is 9.59 Å². The van der Waals surface area contributed by atoms with E-state index in [1.807, 2.05) is 13.2 Å². The summed E-state index contributed by atoms with van der Waals surface area (Å²) < 4.78 is 6.87. The van der Waals surface area contributed by atoms with E-state index in [1.54, 1.807) is 10.9 Å². The van der Waals surface area contributed by atoms with Crippen LogP contribution in [0.5, 0.6) is 0 Å². The molecule has 0 unspecified atom stereocenters. The van der Waals surface area contributed by atoms with Crippen molar-refractivity contribution in [1.29, 1.82) is 0 Å². The summed E-state index contributed by atoms with van der Waals surface area (Å²) in [4.78, 5) is 22.5. The summed E-state index contributed by atoms with van der Waals surface area (Å²) >= 11 is 0. The number of aliphatic carboxylic acids is 1. The van der Waals surface area contributed by atoms with Gasteiger partial charge in [0.05, 0.1) is 6.20 Å². The third-order valence-corrected chi connectivity index (χ3v) is 3.06. The number of hydrogen-bond acceptors (Lipinski definition) is 4. The second-order valence-corrected chi connectivity index (χ2v) is 4.59. The van der Waals surface area contributed by atoms with Gasteiger partial charge in [-0.05, 0) is 24.8 Å². The van der Waals surface area contributed by atoms with E-state index in [4.69, 9.17) is 9.84 Å². The Balaban J connectivity index is 1.72. The number of rotatable bonds is 5. The van der Waals surface area contributed by atoms with Gasteiger partial charge in [0.2, 0.25) is 5.91 Å². The Morgan fingerprint density at radius 1 is 1.53 bits per heavy atom. The molecule has 0 radical (unpaired) electrons. The molecule has 1 aliphatic rings. The zero-order valence-electron chi connectivity index (χ0n) is 10.7. The molecule has 0 aliphatic carbocycles. The fourth-order valence-corrected chi connectivity index (χ4v) is 2.06. The molecule has 7 heteroatoms. The minimum Gasteiger partial charge on any atom is -0.479 e. The quantitative estimate of drug-likeness (QED) is 0.764. The number of carbonyl (C=O) groups is 2. The van der Waals surface area contributed by atoms with Crippen LogP contribution in [-0.4, -0.2) is 45.5 Å². The summed E-state index contributed by atoms with van der Waals surface area (Å²) in [6, 6.07) is 0. The van der Waals surface area contributed by atoms with Gasteiger partial charge in [-0.2, -0.15) is 5.10 Å². The van der Waals surface area contributed by atoms with Gasteiger partial charge in [0.25, 0.3) is 0 Å². The third kappa shape index (κ3) is 3.54. The van der Waals surface area contributed by atoms with E-state index in [1.165, 1.54) is 0 Å². The number of ether oxygens (including phenoxy) is 1. The van der Waals surface area contributed by atoms with Crippen molar-refractivity contribution in [3.63, 3.8) is 0 Å². The molecule has 104 valence electrons. The molecule has 1 aromatic heterocycles. The summed E-state index contributed by atoms with van der Waals surface area (Å²) in [6.07, 6.45) is 3.67. The van der Waals surface area contributed by atoms with Gasteiger partial charge < -0.3 is 15.2 Å². The molecule has 0 spiro atoms. The lowest BCUT2D eigenvalue weighted by molar-refractivity contribution is -0.151. The van der Waals surface area contributed by atoms with Crippen LogP contribution in [0.25, 0.3) is 0 Å². The van der Waals surface area contributed by atoms with Crippen molar-refractivity contribution in [3.05, 3.63) is 18.0 Å². The molecule has 2 heterocycles. The van der Waals surface area contributed by atoms with E-state index in [0.29, 0.717) is 25.8 Å². The molecule has 1 fully saturated rings. The molecule has 1 aliphatic heterocycles. The van der Waals surface area contributed by atoms with Gasteiger partial charge in [0.1, 0.15) is 6.10 Å². The fourth-order valence-electron chi connectivity index (χ4n) is 2.06. The standard InChI is InChI=1S/C12H17N3O4/c1-15-7-8(6-14-15)4-5-13-11(16)9-2-3-10(19-9)12(17)18/h6-7,9-10H,2-5H2,1H3,(H,13,16)(H,17,18)/t9-,10+/m0/s1. The molecule has 0 aromatic carbocycles. The lowest BCUT2D eigenvalue weighted by atomic mass is 10.2. The minimum atomic E-state index is -1.01. The van der Waals surface area contributed by atoms with E-state index in [-0.39, 0.29) is 5.91 Å². The fraction of sp³-hybridized carbons (Fsp3) is 0.583. The van der Waals surface area contributed by atoms with E-state index in [2.05, 4.69) is 10.4 Å². The van der Waals surface area contributed by atoms with Gasteiger partial charge in [-0.3, -0.25) is 9.48 Å². The Kier molecular flexibility index (Phi) is 4.16. The molecular weight excluding hydrogens is 250 g/mol. The van der Waals surface area contributed by atoms with Gasteiger partial charge >= 0.3 is 5.97 Å². The molecule has 7 nitrogen and oxygen atoms in total. The smallest absolute Gasteiger partial charge is 0.332 e. The number of carbonyl (C=O) groups excluding carboxylic acids is 1. The number of amides is 1. The second-order valence-electron chi connectivity index (χ2n) is 4.59. The van der Waals surface area contributed by atoms with Crippen LogP contribution in [0.2, 0.25) is 0 Å². The van der Waals surface area contributed by atoms with Crippen molar-refractivity contribution >= 4 is 11.9 Å². The average molecular weight is 267 g/mol. The van der Waals surface area contributed by atoms with Gasteiger partial charge in [0, 0.05) is 19.8 Å². The van der Waals surface area contributed by atoms with Crippen molar-refractivity contribution in [3.8, 4) is 0 Å². The molecule has 2 atom stereocenters. The molecule has 2 rings (SSSR count). The van der Waals surface area contributed by atoms with Crippen molar-refractivity contribution in [2.75, 3.05) is 6.54 Å². The summed E-state index contributed by atoms with van der Waals surface area (Å²) in [5.74, 6) is -1.25. The first kappa shape index (κ1) is 13.5. The highest BCUT2D eigenvalue weighted by Crippen LogP contribution is 2.19. The molecule has 0 bridgehead atoms. The van der Waals surface area contributed by atoms with Crippen LogP contribution >= 0.6 is 0 Å². The van der Waals surface area contributed by atoms with Crippen molar-refractivity contribution < 1.29 is 19.4 Å². The normalized spacial score (nSPS) is 22.4. The van der Waals surface area contributed by atoms with Gasteiger partial charge in [0.15, 0.2) is 6.10 Å². The van der Waals surface area contributed by atoms with Crippen LogP contribution in [0.1, 0.15) is 18.4 Å². The topological polar surface area (TPSA) is 93.5 Å². The highest BCUT2D eigenvalue weighted by Gasteiger charge is 2.34. The van der Waals surface area contributed by atoms with Gasteiger partial charge in [-0.25, -0.2) is 4.79 Å². The Morgan fingerprint density at radius 3 is 2.84 bits per heavy atom. The maximum absolute atomic E-state index is 11.8. The van der Waals surface area contributed by atoms with E-state index in [0.717, 1.165) is 5.56 Å². The first-order chi connectivity index (χ1) is 9.06. The van der Waals surface area contributed by atoms with Crippen molar-refractivity contribution in [2.24, 2.45) is 7.05 Å². The molecule has 1 saturated heterocycles. The number of aromatic nitrogens is 2. The zero-order chi connectivity index (χ0) is 13.8. The largest absolute Gasteiger partial charge is 0.479 e. The monoisotopic (exact) mass is 267 g/mol. The minimum absolute atomic E-state index is 0.243. The Labute approximate surface area is 110 Å². The Bertz CT molecular complexity index is 471. The summed E-state index contributed by atoms with van der Waals surface area (Å²) in [5.41, 5.74) is 1.04. The summed E-state index contributed by atoms with van der Waals surface area (Å²) in [6.45, 7) is 0.488. The number of carboxylic acid groups (broad SMARTS) is 1. The first-order valence-electron chi connectivity index (χ1n) is 6.20. The predicted molar refractivity (Wildman–Crippen MR) is 65.5 cm³/mol. The number of hydrogen-bond donors (Lipinski definition) is 2. The zero-order valence-corrected chi connectivity index (χ0v) is 10.7. The van der Waals surface area contributed by atoms with Crippen molar-refractivity contribution in [2.45, 2.75) is 31.5 Å². The average Bonchev–Trinajstić information content (AvgIpc) is 2.98. The third-order valence-electron chi connectivity index (χ3n) is 3.06. The molecule has 19 heavy (non-hydrogen) atoms.